The summed E-state index contributed by atoms with van der Waals surface area (Å²) in [6.45, 7) is 5.37. The number of carbonyl (C=O) groups excluding carboxylic acids is 1. The summed E-state index contributed by atoms with van der Waals surface area (Å²) < 4.78 is 28.5. The van der Waals surface area contributed by atoms with E-state index in [0.717, 1.165) is 65.5 Å². The molecule has 5 rings (SSSR count). The highest BCUT2D eigenvalue weighted by molar-refractivity contribution is 5.92. The van der Waals surface area contributed by atoms with Crippen molar-refractivity contribution >= 4 is 22.7 Å². The zero-order valence-corrected chi connectivity index (χ0v) is 22.2. The Morgan fingerprint density at radius 3 is 2.55 bits per heavy atom. The van der Waals surface area contributed by atoms with Crippen LogP contribution in [0, 0.1) is 5.92 Å². The number of rotatable bonds is 9. The van der Waals surface area contributed by atoms with E-state index in [-0.39, 0.29) is 18.0 Å². The lowest BCUT2D eigenvalue weighted by atomic mass is 9.96. The van der Waals surface area contributed by atoms with Crippen molar-refractivity contribution in [3.8, 4) is 23.0 Å². The van der Waals surface area contributed by atoms with Crippen molar-refractivity contribution in [1.29, 1.82) is 0 Å². The van der Waals surface area contributed by atoms with Gasteiger partial charge in [0.1, 0.15) is 35.5 Å². The molecular formula is C29H35N3O6. The number of benzene rings is 2. The Kier molecular flexibility index (Phi) is 8.03. The van der Waals surface area contributed by atoms with Gasteiger partial charge in [-0.2, -0.15) is 0 Å². The van der Waals surface area contributed by atoms with E-state index in [9.17, 15) is 4.79 Å². The molecule has 1 saturated heterocycles. The van der Waals surface area contributed by atoms with Gasteiger partial charge in [0.2, 0.25) is 0 Å². The highest BCUT2D eigenvalue weighted by Gasteiger charge is 2.28. The molecule has 3 aromatic rings. The van der Waals surface area contributed by atoms with Crippen LogP contribution in [0.4, 0.5) is 5.82 Å². The van der Waals surface area contributed by atoms with Crippen LogP contribution in [0.1, 0.15) is 25.3 Å². The first-order valence-corrected chi connectivity index (χ1v) is 13.2. The predicted molar refractivity (Wildman–Crippen MR) is 144 cm³/mol. The second-order valence-corrected chi connectivity index (χ2v) is 9.48. The third-order valence-electron chi connectivity index (χ3n) is 7.07. The summed E-state index contributed by atoms with van der Waals surface area (Å²) in [5, 5.41) is 4.43. The normalized spacial score (nSPS) is 17.3. The third kappa shape index (κ3) is 5.43. The van der Waals surface area contributed by atoms with Gasteiger partial charge in [0.15, 0.2) is 11.5 Å². The summed E-state index contributed by atoms with van der Waals surface area (Å²) in [6.07, 6.45) is 1.36. The molecule has 3 heterocycles. The monoisotopic (exact) mass is 521 g/mol. The van der Waals surface area contributed by atoms with Gasteiger partial charge in [-0.05, 0) is 50.1 Å². The molecule has 0 radical (unpaired) electrons. The molecule has 9 heteroatoms. The summed E-state index contributed by atoms with van der Waals surface area (Å²) in [5.41, 5.74) is 1.79. The Labute approximate surface area is 223 Å². The number of hydrogen-bond donors (Lipinski definition) is 1. The number of para-hydroxylation sites is 2. The van der Waals surface area contributed by atoms with Crippen molar-refractivity contribution in [2.75, 3.05) is 52.0 Å². The van der Waals surface area contributed by atoms with Crippen molar-refractivity contribution in [3.05, 3.63) is 48.0 Å². The molecule has 2 aromatic carbocycles. The summed E-state index contributed by atoms with van der Waals surface area (Å²) >= 11 is 0. The van der Waals surface area contributed by atoms with Crippen molar-refractivity contribution < 1.29 is 28.5 Å². The Hall–Kier alpha value is -3.72. The summed E-state index contributed by atoms with van der Waals surface area (Å²) in [7, 11) is 3.30. The highest BCUT2D eigenvalue weighted by atomic mass is 16.6. The third-order valence-corrected chi connectivity index (χ3v) is 7.07. The van der Waals surface area contributed by atoms with Crippen LogP contribution < -0.4 is 29.2 Å². The molecule has 1 atom stereocenters. The molecule has 38 heavy (non-hydrogen) atoms. The number of anilines is 1. The number of fused-ring (bicyclic) bond motifs is 2. The number of pyridine rings is 1. The first-order valence-electron chi connectivity index (χ1n) is 13.2. The summed E-state index contributed by atoms with van der Waals surface area (Å²) in [5.74, 6) is 3.66. The van der Waals surface area contributed by atoms with E-state index in [1.807, 2.05) is 43.3 Å². The Bertz CT molecular complexity index is 1270. The molecule has 1 unspecified atom stereocenters. The maximum absolute atomic E-state index is 12.3. The average Bonchev–Trinajstić information content (AvgIpc) is 2.96. The SMILES string of the molecule is CCOC(=O)C1CCN(c2nc3c(OC)ccc(OC)c3cc2CNCC2COc3ccccc3O2)CC1. The standard InChI is InChI=1S/C29H35N3O6/c1-4-36-29(33)19-11-13-32(14-12-19)28-20(15-22-23(34-2)9-10-26(35-3)27(22)31-28)16-30-17-21-18-37-24-7-5-6-8-25(24)38-21/h5-10,15,19,21,30H,4,11-14,16-18H2,1-3H3. The van der Waals surface area contributed by atoms with E-state index in [4.69, 9.17) is 28.7 Å². The van der Waals surface area contributed by atoms with Crippen LogP contribution in [0.3, 0.4) is 0 Å². The van der Waals surface area contributed by atoms with Gasteiger partial charge in [-0.3, -0.25) is 4.79 Å². The van der Waals surface area contributed by atoms with Gasteiger partial charge >= 0.3 is 5.97 Å². The molecule has 202 valence electrons. The Morgan fingerprint density at radius 1 is 1.08 bits per heavy atom. The molecule has 1 aromatic heterocycles. The van der Waals surface area contributed by atoms with Crippen molar-refractivity contribution in [2.24, 2.45) is 5.92 Å². The predicted octanol–water partition coefficient (Wildman–Crippen LogP) is 3.96. The quantitative estimate of drug-likeness (QED) is 0.420. The maximum atomic E-state index is 12.3. The second kappa shape index (κ2) is 11.8. The fourth-order valence-electron chi connectivity index (χ4n) is 5.11. The van der Waals surface area contributed by atoms with Crippen LogP contribution in [0.2, 0.25) is 0 Å². The lowest BCUT2D eigenvalue weighted by Gasteiger charge is -2.33. The number of aromatic nitrogens is 1. The van der Waals surface area contributed by atoms with Gasteiger partial charge in [0, 0.05) is 37.1 Å². The van der Waals surface area contributed by atoms with Crippen LogP contribution in [0.5, 0.6) is 23.0 Å². The average molecular weight is 522 g/mol. The molecule has 2 aliphatic rings. The number of esters is 1. The first kappa shape index (κ1) is 25.9. The van der Waals surface area contributed by atoms with E-state index < -0.39 is 0 Å². The summed E-state index contributed by atoms with van der Waals surface area (Å²) in [4.78, 5) is 19.6. The Balaban J connectivity index is 1.37. The molecular weight excluding hydrogens is 486 g/mol. The van der Waals surface area contributed by atoms with Crippen LogP contribution in [-0.2, 0) is 16.1 Å². The fourth-order valence-corrected chi connectivity index (χ4v) is 5.11. The maximum Gasteiger partial charge on any atom is 0.309 e. The van der Waals surface area contributed by atoms with E-state index >= 15 is 0 Å². The van der Waals surface area contributed by atoms with Crippen molar-refractivity contribution in [3.63, 3.8) is 0 Å². The molecule has 0 spiro atoms. The van der Waals surface area contributed by atoms with Crippen LogP contribution in [0.15, 0.2) is 42.5 Å². The van der Waals surface area contributed by atoms with Gasteiger partial charge in [0.25, 0.3) is 0 Å². The molecule has 1 fully saturated rings. The summed E-state index contributed by atoms with van der Waals surface area (Å²) in [6, 6.07) is 13.6. The van der Waals surface area contributed by atoms with E-state index in [0.29, 0.717) is 32.1 Å². The minimum absolute atomic E-state index is 0.0748. The number of carbonyl (C=O) groups is 1. The largest absolute Gasteiger partial charge is 0.496 e. The molecule has 1 N–H and O–H groups in total. The van der Waals surface area contributed by atoms with Crippen LogP contribution >= 0.6 is 0 Å². The smallest absolute Gasteiger partial charge is 0.309 e. The van der Waals surface area contributed by atoms with Gasteiger partial charge in [-0.15, -0.1) is 0 Å². The molecule has 2 aliphatic heterocycles. The zero-order chi connectivity index (χ0) is 26.5. The number of methoxy groups -OCH3 is 2. The number of piperidine rings is 1. The first-order chi connectivity index (χ1) is 18.6. The van der Waals surface area contributed by atoms with E-state index in [1.165, 1.54) is 0 Å². The van der Waals surface area contributed by atoms with Crippen LogP contribution in [-0.4, -0.2) is 64.1 Å². The molecule has 0 aliphatic carbocycles. The van der Waals surface area contributed by atoms with Crippen LogP contribution in [0.25, 0.3) is 10.9 Å². The molecule has 0 bridgehead atoms. The molecule has 0 amide bonds. The zero-order valence-electron chi connectivity index (χ0n) is 22.2. The molecule has 0 saturated carbocycles. The fraction of sp³-hybridized carbons (Fsp3) is 0.448. The van der Waals surface area contributed by atoms with Crippen molar-refractivity contribution in [2.45, 2.75) is 32.4 Å². The Morgan fingerprint density at radius 2 is 1.82 bits per heavy atom. The van der Waals surface area contributed by atoms with Gasteiger partial charge in [-0.1, -0.05) is 12.1 Å². The minimum Gasteiger partial charge on any atom is -0.496 e. The number of hydrogen-bond acceptors (Lipinski definition) is 9. The van der Waals surface area contributed by atoms with Gasteiger partial charge in [-0.25, -0.2) is 4.98 Å². The van der Waals surface area contributed by atoms with E-state index in [2.05, 4.69) is 16.3 Å². The van der Waals surface area contributed by atoms with Crippen molar-refractivity contribution in [1.82, 2.24) is 10.3 Å². The number of nitrogens with zero attached hydrogens (tertiary/aromatic N) is 2. The van der Waals surface area contributed by atoms with Gasteiger partial charge in [0.05, 0.1) is 26.7 Å². The lowest BCUT2D eigenvalue weighted by molar-refractivity contribution is -0.148. The highest BCUT2D eigenvalue weighted by Crippen LogP contribution is 2.36. The second-order valence-electron chi connectivity index (χ2n) is 9.48. The topological polar surface area (TPSA) is 91.4 Å². The van der Waals surface area contributed by atoms with E-state index in [1.54, 1.807) is 14.2 Å². The van der Waals surface area contributed by atoms with Gasteiger partial charge < -0.3 is 33.9 Å². The lowest BCUT2D eigenvalue weighted by Crippen LogP contribution is -2.39. The molecule has 9 nitrogen and oxygen atoms in total. The minimum atomic E-state index is -0.108. The number of ether oxygens (including phenoxy) is 5. The number of nitrogens with one attached hydrogen (secondary N) is 1.